The summed E-state index contributed by atoms with van der Waals surface area (Å²) in [4.78, 5) is 10.3. The summed E-state index contributed by atoms with van der Waals surface area (Å²) in [5.74, 6) is 2.35. The van der Waals surface area contributed by atoms with Crippen LogP contribution in [0.3, 0.4) is 0 Å². The lowest BCUT2D eigenvalue weighted by Crippen LogP contribution is -2.04. The number of hydrogen-bond acceptors (Lipinski definition) is 4. The van der Waals surface area contributed by atoms with Crippen LogP contribution in [0, 0.1) is 5.92 Å². The third-order valence-corrected chi connectivity index (χ3v) is 1.65. The molecule has 0 saturated carbocycles. The van der Waals surface area contributed by atoms with E-state index in [1.165, 1.54) is 0 Å². The zero-order valence-corrected chi connectivity index (χ0v) is 7.09. The van der Waals surface area contributed by atoms with Gasteiger partial charge in [-0.2, -0.15) is 0 Å². The van der Waals surface area contributed by atoms with E-state index in [1.807, 2.05) is 6.92 Å². The van der Waals surface area contributed by atoms with Crippen molar-refractivity contribution < 1.29 is 14.3 Å². The van der Waals surface area contributed by atoms with Crippen LogP contribution >= 0.6 is 0 Å². The summed E-state index contributed by atoms with van der Waals surface area (Å²) in [7, 11) is 0. The molecule has 2 N–H and O–H groups in total. The highest BCUT2D eigenvalue weighted by molar-refractivity contribution is 5.53. The molecule has 1 heterocycles. The van der Waals surface area contributed by atoms with Crippen LogP contribution in [0.25, 0.3) is 0 Å². The Morgan fingerprint density at radius 1 is 1.75 bits per heavy atom. The van der Waals surface area contributed by atoms with Crippen LogP contribution in [0.2, 0.25) is 0 Å². The molecule has 0 aromatic rings. The fraction of sp³-hybridized carbons (Fsp3) is 0.500. The number of hydrogen-bond donors (Lipinski definition) is 1. The highest BCUT2D eigenvalue weighted by Gasteiger charge is 2.30. The molecule has 0 aromatic heterocycles. The fourth-order valence-corrected chi connectivity index (χ4v) is 1.05. The molecule has 0 aromatic carbocycles. The van der Waals surface area contributed by atoms with Crippen molar-refractivity contribution in [3.8, 4) is 0 Å². The van der Waals surface area contributed by atoms with Gasteiger partial charge < -0.3 is 15.2 Å². The van der Waals surface area contributed by atoms with Crippen molar-refractivity contribution in [3.63, 3.8) is 0 Å². The summed E-state index contributed by atoms with van der Waals surface area (Å²) in [5.41, 5.74) is 5.45. The van der Waals surface area contributed by atoms with E-state index in [0.717, 1.165) is 0 Å². The molecule has 1 aliphatic rings. The Kier molecular flexibility index (Phi) is 2.41. The Hall–Kier alpha value is -1.41. The quantitative estimate of drug-likeness (QED) is 0.612. The summed E-state index contributed by atoms with van der Waals surface area (Å²) in [6, 6.07) is 0. The van der Waals surface area contributed by atoms with Gasteiger partial charge in [-0.3, -0.25) is 0 Å². The molecule has 4 heteroatoms. The van der Waals surface area contributed by atoms with Crippen LogP contribution < -0.4 is 5.73 Å². The summed E-state index contributed by atoms with van der Waals surface area (Å²) in [6.45, 7) is 4.14. The van der Waals surface area contributed by atoms with Gasteiger partial charge in [0.2, 0.25) is 5.88 Å². The number of rotatable bonds is 2. The van der Waals surface area contributed by atoms with Crippen molar-refractivity contribution in [3.05, 3.63) is 17.4 Å². The molecule has 1 aliphatic heterocycles. The van der Waals surface area contributed by atoms with Gasteiger partial charge >= 0.3 is 0 Å². The summed E-state index contributed by atoms with van der Waals surface area (Å²) in [6.07, 6.45) is 0. The van der Waals surface area contributed by atoms with Crippen LogP contribution in [0.15, 0.2) is 17.4 Å². The monoisotopic (exact) mass is 169 g/mol. The lowest BCUT2D eigenvalue weighted by atomic mass is 10.1. The smallest absolute Gasteiger partial charge is 0.230 e. The minimum atomic E-state index is -0.206. The van der Waals surface area contributed by atoms with Crippen molar-refractivity contribution >= 4 is 5.94 Å². The molecular weight excluding hydrogens is 158 g/mol. The molecule has 1 unspecified atom stereocenters. The first kappa shape index (κ1) is 8.68. The molecule has 0 amide bonds. The van der Waals surface area contributed by atoms with E-state index in [-0.39, 0.29) is 17.6 Å². The van der Waals surface area contributed by atoms with Gasteiger partial charge in [-0.05, 0) is 13.8 Å². The summed E-state index contributed by atoms with van der Waals surface area (Å²) in [5, 5.41) is 0. The Morgan fingerprint density at radius 3 is 2.83 bits per heavy atom. The molecule has 4 nitrogen and oxygen atoms in total. The Bertz CT molecular complexity index is 263. The van der Waals surface area contributed by atoms with E-state index in [1.54, 1.807) is 12.9 Å². The topological polar surface area (TPSA) is 61.6 Å². The molecule has 0 saturated heterocycles. The highest BCUT2D eigenvalue weighted by atomic mass is 16.5. The third-order valence-electron chi connectivity index (χ3n) is 1.65. The van der Waals surface area contributed by atoms with E-state index in [0.29, 0.717) is 12.4 Å². The maximum Gasteiger partial charge on any atom is 0.230 e. The second-order valence-electron chi connectivity index (χ2n) is 2.45. The van der Waals surface area contributed by atoms with Gasteiger partial charge in [0.05, 0.1) is 12.5 Å². The van der Waals surface area contributed by atoms with Crippen LogP contribution in [0.5, 0.6) is 0 Å². The van der Waals surface area contributed by atoms with Crippen LogP contribution in [-0.4, -0.2) is 12.5 Å². The SMILES string of the molecule is CCOC1=C(N)OC(=C=O)C1C. The molecule has 66 valence electrons. The van der Waals surface area contributed by atoms with E-state index < -0.39 is 0 Å². The first-order chi connectivity index (χ1) is 5.70. The minimum Gasteiger partial charge on any atom is -0.492 e. The molecule has 0 bridgehead atoms. The molecule has 0 radical (unpaired) electrons. The van der Waals surface area contributed by atoms with Crippen molar-refractivity contribution in [2.45, 2.75) is 13.8 Å². The molecular formula is C8H11NO3. The first-order valence-electron chi connectivity index (χ1n) is 3.76. The van der Waals surface area contributed by atoms with Crippen molar-refractivity contribution in [1.29, 1.82) is 0 Å². The molecule has 0 fully saturated rings. The minimum absolute atomic E-state index is 0.169. The molecule has 1 rings (SSSR count). The van der Waals surface area contributed by atoms with Crippen molar-refractivity contribution in [2.75, 3.05) is 6.61 Å². The van der Waals surface area contributed by atoms with Gasteiger partial charge in [0, 0.05) is 0 Å². The predicted molar refractivity (Wildman–Crippen MR) is 42.3 cm³/mol. The van der Waals surface area contributed by atoms with Gasteiger partial charge in [-0.1, -0.05) is 0 Å². The summed E-state index contributed by atoms with van der Waals surface area (Å²) < 4.78 is 10.1. The number of ether oxygens (including phenoxy) is 2. The van der Waals surface area contributed by atoms with Gasteiger partial charge in [-0.25, -0.2) is 4.79 Å². The maximum absolute atomic E-state index is 10.3. The van der Waals surface area contributed by atoms with E-state index in [4.69, 9.17) is 15.2 Å². The second-order valence-corrected chi connectivity index (χ2v) is 2.45. The van der Waals surface area contributed by atoms with Crippen LogP contribution in [0.1, 0.15) is 13.8 Å². The normalized spacial score (nSPS) is 22.2. The van der Waals surface area contributed by atoms with E-state index >= 15 is 0 Å². The Balaban J connectivity index is 2.85. The first-order valence-corrected chi connectivity index (χ1v) is 3.76. The average Bonchev–Trinajstić information content (AvgIpc) is 2.32. The van der Waals surface area contributed by atoms with Crippen LogP contribution in [-0.2, 0) is 14.3 Å². The molecule has 0 aliphatic carbocycles. The zero-order chi connectivity index (χ0) is 9.14. The second kappa shape index (κ2) is 3.32. The highest BCUT2D eigenvalue weighted by Crippen LogP contribution is 2.30. The molecule has 1 atom stereocenters. The summed E-state index contributed by atoms with van der Waals surface area (Å²) >= 11 is 0. The Labute approximate surface area is 70.6 Å². The molecule has 0 spiro atoms. The molecule has 12 heavy (non-hydrogen) atoms. The average molecular weight is 169 g/mol. The van der Waals surface area contributed by atoms with Crippen molar-refractivity contribution in [2.24, 2.45) is 11.7 Å². The number of carbonyl (C=O) groups excluding carboxylic acids is 1. The van der Waals surface area contributed by atoms with Gasteiger partial charge in [-0.15, -0.1) is 0 Å². The van der Waals surface area contributed by atoms with E-state index in [9.17, 15) is 4.79 Å². The van der Waals surface area contributed by atoms with Gasteiger partial charge in [0.25, 0.3) is 0 Å². The maximum atomic E-state index is 10.3. The van der Waals surface area contributed by atoms with E-state index in [2.05, 4.69) is 0 Å². The fourth-order valence-electron chi connectivity index (χ4n) is 1.05. The predicted octanol–water partition coefficient (Wildman–Crippen LogP) is 0.533. The lowest BCUT2D eigenvalue weighted by molar-refractivity contribution is 0.204. The van der Waals surface area contributed by atoms with Gasteiger partial charge in [0.1, 0.15) is 0 Å². The zero-order valence-electron chi connectivity index (χ0n) is 7.09. The van der Waals surface area contributed by atoms with Crippen LogP contribution in [0.4, 0.5) is 0 Å². The Morgan fingerprint density at radius 2 is 2.42 bits per heavy atom. The number of nitrogens with two attached hydrogens (primary N) is 1. The van der Waals surface area contributed by atoms with Crippen molar-refractivity contribution in [1.82, 2.24) is 0 Å². The van der Waals surface area contributed by atoms with Gasteiger partial charge in [0.15, 0.2) is 17.5 Å². The third kappa shape index (κ3) is 1.29. The standard InChI is InChI=1S/C8H11NO3/c1-3-11-7-5(2)6(4-10)12-8(7)9/h5H,3,9H2,1-2H3. The lowest BCUT2D eigenvalue weighted by Gasteiger charge is -2.05. The largest absolute Gasteiger partial charge is 0.492 e.